The highest BCUT2D eigenvalue weighted by Crippen LogP contribution is 2.26. The van der Waals surface area contributed by atoms with Crippen molar-refractivity contribution < 1.29 is 8.78 Å². The minimum atomic E-state index is -1.13. The zero-order valence-corrected chi connectivity index (χ0v) is 11.2. The Morgan fingerprint density at radius 1 is 1.37 bits per heavy atom. The van der Waals surface area contributed by atoms with Gasteiger partial charge < -0.3 is 5.32 Å². The maximum atomic E-state index is 13.7. The molecule has 2 aromatic rings. The van der Waals surface area contributed by atoms with Crippen LogP contribution in [-0.4, -0.2) is 4.98 Å². The van der Waals surface area contributed by atoms with Gasteiger partial charge in [0, 0.05) is 11.1 Å². The smallest absolute Gasteiger partial charge is 0.183 e. The van der Waals surface area contributed by atoms with Crippen molar-refractivity contribution in [1.82, 2.24) is 4.98 Å². The summed E-state index contributed by atoms with van der Waals surface area (Å²) in [4.78, 5) is 5.24. The minimum absolute atomic E-state index is 0.0249. The third kappa shape index (κ3) is 2.71. The van der Waals surface area contributed by atoms with Gasteiger partial charge in [-0.05, 0) is 26.0 Å². The number of aryl methyl sites for hydroxylation is 1. The number of thiazole rings is 1. The molecule has 1 unspecified atom stereocenters. The Bertz CT molecular complexity index is 646. The summed E-state index contributed by atoms with van der Waals surface area (Å²) in [6.07, 6.45) is 1.73. The van der Waals surface area contributed by atoms with Gasteiger partial charge in [0.2, 0.25) is 0 Å². The van der Waals surface area contributed by atoms with Gasteiger partial charge >= 0.3 is 0 Å². The normalized spacial score (nSPS) is 11.9. The van der Waals surface area contributed by atoms with Crippen LogP contribution in [0.15, 0.2) is 18.3 Å². The molecule has 0 radical (unpaired) electrons. The number of nitrogens with zero attached hydrogens (tertiary/aromatic N) is 2. The van der Waals surface area contributed by atoms with Crippen LogP contribution in [0.25, 0.3) is 0 Å². The van der Waals surface area contributed by atoms with E-state index in [0.717, 1.165) is 9.88 Å². The lowest BCUT2D eigenvalue weighted by Crippen LogP contribution is -2.08. The Labute approximate surface area is 113 Å². The molecule has 1 aromatic heterocycles. The molecule has 6 heteroatoms. The van der Waals surface area contributed by atoms with Crippen molar-refractivity contribution in [3.8, 4) is 6.07 Å². The Balaban J connectivity index is 2.25. The molecule has 0 spiro atoms. The molecule has 0 saturated heterocycles. The first-order chi connectivity index (χ1) is 9.02. The SMILES string of the molecule is Cc1cnc(C(C)Nc2ccc(C#N)c(F)c2F)s1. The molecule has 2 rings (SSSR count). The number of nitrogens with one attached hydrogen (secondary N) is 1. The van der Waals surface area contributed by atoms with Crippen molar-refractivity contribution in [3.05, 3.63) is 45.4 Å². The topological polar surface area (TPSA) is 48.7 Å². The van der Waals surface area contributed by atoms with Crippen molar-refractivity contribution in [2.45, 2.75) is 19.9 Å². The fourth-order valence-corrected chi connectivity index (χ4v) is 2.39. The van der Waals surface area contributed by atoms with Crippen LogP contribution < -0.4 is 5.32 Å². The van der Waals surface area contributed by atoms with E-state index in [0.29, 0.717) is 0 Å². The maximum Gasteiger partial charge on any atom is 0.183 e. The lowest BCUT2D eigenvalue weighted by Gasteiger charge is -2.13. The lowest BCUT2D eigenvalue weighted by molar-refractivity contribution is 0.507. The second kappa shape index (κ2) is 5.33. The number of anilines is 1. The van der Waals surface area contributed by atoms with E-state index >= 15 is 0 Å². The summed E-state index contributed by atoms with van der Waals surface area (Å²) < 4.78 is 27.2. The van der Waals surface area contributed by atoms with Crippen LogP contribution in [0.5, 0.6) is 0 Å². The van der Waals surface area contributed by atoms with Crippen LogP contribution in [-0.2, 0) is 0 Å². The molecule has 0 fully saturated rings. The van der Waals surface area contributed by atoms with Crippen molar-refractivity contribution in [1.29, 1.82) is 5.26 Å². The second-order valence-corrected chi connectivity index (χ2v) is 5.34. The van der Waals surface area contributed by atoms with Gasteiger partial charge in [-0.15, -0.1) is 11.3 Å². The highest BCUT2D eigenvalue weighted by molar-refractivity contribution is 7.11. The fourth-order valence-electron chi connectivity index (χ4n) is 1.61. The average Bonchev–Trinajstić information content (AvgIpc) is 2.82. The van der Waals surface area contributed by atoms with Gasteiger partial charge in [-0.25, -0.2) is 13.8 Å². The van der Waals surface area contributed by atoms with E-state index in [1.807, 2.05) is 13.8 Å². The van der Waals surface area contributed by atoms with E-state index < -0.39 is 11.6 Å². The van der Waals surface area contributed by atoms with Gasteiger partial charge in [0.1, 0.15) is 11.1 Å². The molecule has 0 saturated carbocycles. The van der Waals surface area contributed by atoms with E-state index in [9.17, 15) is 8.78 Å². The predicted molar refractivity (Wildman–Crippen MR) is 70.0 cm³/mol. The molecule has 1 atom stereocenters. The van der Waals surface area contributed by atoms with E-state index in [2.05, 4.69) is 10.3 Å². The molecular weight excluding hydrogens is 268 g/mol. The first-order valence-electron chi connectivity index (χ1n) is 5.60. The maximum absolute atomic E-state index is 13.7. The summed E-state index contributed by atoms with van der Waals surface area (Å²) in [5.41, 5.74) is -0.280. The third-order valence-corrected chi connectivity index (χ3v) is 3.68. The summed E-state index contributed by atoms with van der Waals surface area (Å²) in [7, 11) is 0. The number of benzene rings is 1. The van der Waals surface area contributed by atoms with Crippen molar-refractivity contribution in [2.75, 3.05) is 5.32 Å². The summed E-state index contributed by atoms with van der Waals surface area (Å²) in [6.45, 7) is 3.74. The van der Waals surface area contributed by atoms with Crippen molar-refractivity contribution in [2.24, 2.45) is 0 Å². The predicted octanol–water partition coefficient (Wildman–Crippen LogP) is 3.77. The monoisotopic (exact) mass is 279 g/mol. The number of aromatic nitrogens is 1. The van der Waals surface area contributed by atoms with E-state index in [4.69, 9.17) is 5.26 Å². The van der Waals surface area contributed by atoms with Crippen molar-refractivity contribution >= 4 is 17.0 Å². The van der Waals surface area contributed by atoms with E-state index in [-0.39, 0.29) is 17.3 Å². The first-order valence-corrected chi connectivity index (χ1v) is 6.41. The Morgan fingerprint density at radius 3 is 2.68 bits per heavy atom. The fraction of sp³-hybridized carbons (Fsp3) is 0.231. The second-order valence-electron chi connectivity index (χ2n) is 4.08. The van der Waals surface area contributed by atoms with Crippen molar-refractivity contribution in [3.63, 3.8) is 0 Å². The molecule has 0 aliphatic carbocycles. The van der Waals surface area contributed by atoms with Gasteiger partial charge in [0.15, 0.2) is 11.6 Å². The number of hydrogen-bond donors (Lipinski definition) is 1. The Morgan fingerprint density at radius 2 is 2.11 bits per heavy atom. The number of rotatable bonds is 3. The minimum Gasteiger partial charge on any atom is -0.374 e. The van der Waals surface area contributed by atoms with Crippen LogP contribution in [0.2, 0.25) is 0 Å². The number of hydrogen-bond acceptors (Lipinski definition) is 4. The Hall–Kier alpha value is -2.00. The number of halogens is 2. The zero-order chi connectivity index (χ0) is 14.0. The van der Waals surface area contributed by atoms with Gasteiger partial charge in [-0.3, -0.25) is 0 Å². The van der Waals surface area contributed by atoms with Crippen LogP contribution in [0.3, 0.4) is 0 Å². The molecular formula is C13H11F2N3S. The summed E-state index contributed by atoms with van der Waals surface area (Å²) >= 11 is 1.49. The lowest BCUT2D eigenvalue weighted by atomic mass is 10.2. The standard InChI is InChI=1S/C13H11F2N3S/c1-7-6-17-13(19-7)8(2)18-10-4-3-9(5-16)11(14)12(10)15/h3-4,6,8,18H,1-2H3. The summed E-state index contributed by atoms with van der Waals surface area (Å²) in [6, 6.07) is 3.97. The molecule has 0 aliphatic heterocycles. The summed E-state index contributed by atoms with van der Waals surface area (Å²) in [5.74, 6) is -2.17. The molecule has 1 heterocycles. The molecule has 98 valence electrons. The zero-order valence-electron chi connectivity index (χ0n) is 10.4. The quantitative estimate of drug-likeness (QED) is 0.930. The molecule has 0 amide bonds. The molecule has 1 N–H and O–H groups in total. The van der Waals surface area contributed by atoms with Gasteiger partial charge in [-0.2, -0.15) is 5.26 Å². The molecule has 3 nitrogen and oxygen atoms in total. The average molecular weight is 279 g/mol. The Kier molecular flexibility index (Phi) is 3.76. The van der Waals surface area contributed by atoms with E-state index in [1.54, 1.807) is 12.3 Å². The van der Waals surface area contributed by atoms with Crippen LogP contribution in [0.1, 0.15) is 28.4 Å². The van der Waals surface area contributed by atoms with Crippen LogP contribution >= 0.6 is 11.3 Å². The molecule has 1 aromatic carbocycles. The molecule has 0 bridgehead atoms. The van der Waals surface area contributed by atoms with Gasteiger partial charge in [-0.1, -0.05) is 0 Å². The number of nitriles is 1. The van der Waals surface area contributed by atoms with E-state index in [1.165, 1.54) is 23.5 Å². The largest absolute Gasteiger partial charge is 0.374 e. The van der Waals surface area contributed by atoms with Gasteiger partial charge in [0.25, 0.3) is 0 Å². The highest BCUT2D eigenvalue weighted by atomic mass is 32.1. The third-order valence-electron chi connectivity index (χ3n) is 2.58. The first kappa shape index (κ1) is 13.4. The van der Waals surface area contributed by atoms with Gasteiger partial charge in [0.05, 0.1) is 17.3 Å². The molecule has 0 aliphatic rings. The van der Waals surface area contributed by atoms with Crippen LogP contribution in [0.4, 0.5) is 14.5 Å². The molecule has 19 heavy (non-hydrogen) atoms. The summed E-state index contributed by atoms with van der Waals surface area (Å²) in [5, 5.41) is 12.3. The highest BCUT2D eigenvalue weighted by Gasteiger charge is 2.16. The van der Waals surface area contributed by atoms with Crippen LogP contribution in [0, 0.1) is 29.9 Å².